The molecule has 0 aliphatic rings. The normalized spacial score (nSPS) is 13.7. The van der Waals surface area contributed by atoms with E-state index < -0.39 is 0 Å². The molecule has 0 bridgehead atoms. The van der Waals surface area contributed by atoms with Gasteiger partial charge in [0.1, 0.15) is 0 Å². The third kappa shape index (κ3) is 5.11. The first-order valence-electron chi connectivity index (χ1n) is 6.83. The lowest BCUT2D eigenvalue weighted by Gasteiger charge is -2.25. The molecule has 1 atom stereocenters. The molecule has 0 heterocycles. The highest BCUT2D eigenvalue weighted by atomic mass is 79.9. The van der Waals surface area contributed by atoms with Gasteiger partial charge in [-0.05, 0) is 48.9 Å². The summed E-state index contributed by atoms with van der Waals surface area (Å²) in [5.74, 6) is 0. The van der Waals surface area contributed by atoms with Crippen molar-refractivity contribution in [2.45, 2.75) is 53.5 Å². The zero-order valence-electron chi connectivity index (χ0n) is 12.3. The van der Waals surface area contributed by atoms with E-state index in [9.17, 15) is 0 Å². The standard InChI is InChI=1S/C16H26BrN/c1-6-18-15(9-10-16(3,4)5)13-8-7-12(2)11-14(13)17/h7-8,11,15,18H,6,9-10H2,1-5H3. The van der Waals surface area contributed by atoms with Gasteiger partial charge in [-0.15, -0.1) is 0 Å². The van der Waals surface area contributed by atoms with Crippen LogP contribution in [0, 0.1) is 12.3 Å². The van der Waals surface area contributed by atoms with E-state index >= 15 is 0 Å². The van der Waals surface area contributed by atoms with Crippen molar-refractivity contribution in [2.75, 3.05) is 6.54 Å². The van der Waals surface area contributed by atoms with Gasteiger partial charge in [-0.1, -0.05) is 55.8 Å². The van der Waals surface area contributed by atoms with E-state index in [1.807, 2.05) is 0 Å². The molecule has 0 radical (unpaired) electrons. The van der Waals surface area contributed by atoms with Crippen molar-refractivity contribution >= 4 is 15.9 Å². The van der Waals surface area contributed by atoms with Gasteiger partial charge in [0.15, 0.2) is 0 Å². The molecule has 0 spiro atoms. The van der Waals surface area contributed by atoms with Gasteiger partial charge >= 0.3 is 0 Å². The van der Waals surface area contributed by atoms with Gasteiger partial charge in [0.05, 0.1) is 0 Å². The first-order valence-corrected chi connectivity index (χ1v) is 7.62. The maximum Gasteiger partial charge on any atom is 0.0331 e. The number of rotatable bonds is 5. The highest BCUT2D eigenvalue weighted by Gasteiger charge is 2.17. The van der Waals surface area contributed by atoms with Crippen LogP contribution in [0.5, 0.6) is 0 Å². The van der Waals surface area contributed by atoms with Crippen molar-refractivity contribution in [2.24, 2.45) is 5.41 Å². The molecule has 102 valence electrons. The van der Waals surface area contributed by atoms with Crippen LogP contribution in [0.15, 0.2) is 22.7 Å². The maximum absolute atomic E-state index is 3.70. The Bertz CT molecular complexity index is 379. The minimum atomic E-state index is 0.394. The molecule has 0 saturated carbocycles. The Morgan fingerprint density at radius 3 is 2.44 bits per heavy atom. The predicted octanol–water partition coefficient (Wildman–Crippen LogP) is 5.23. The van der Waals surface area contributed by atoms with E-state index in [1.165, 1.54) is 28.4 Å². The minimum absolute atomic E-state index is 0.394. The molecule has 18 heavy (non-hydrogen) atoms. The second-order valence-corrected chi connectivity index (χ2v) is 7.09. The Labute approximate surface area is 120 Å². The summed E-state index contributed by atoms with van der Waals surface area (Å²) in [7, 11) is 0. The average Bonchev–Trinajstić information content (AvgIpc) is 2.24. The number of hydrogen-bond donors (Lipinski definition) is 1. The first kappa shape index (κ1) is 15.7. The summed E-state index contributed by atoms with van der Waals surface area (Å²) in [6, 6.07) is 7.09. The summed E-state index contributed by atoms with van der Waals surface area (Å²) in [6.45, 7) is 12.2. The topological polar surface area (TPSA) is 12.0 Å². The second kappa shape index (κ2) is 6.72. The fraction of sp³-hybridized carbons (Fsp3) is 0.625. The van der Waals surface area contributed by atoms with E-state index in [4.69, 9.17) is 0 Å². The molecule has 0 aliphatic carbocycles. The summed E-state index contributed by atoms with van der Waals surface area (Å²) >= 11 is 3.70. The van der Waals surface area contributed by atoms with Crippen LogP contribution in [0.2, 0.25) is 0 Å². The summed E-state index contributed by atoms with van der Waals surface area (Å²) < 4.78 is 1.22. The lowest BCUT2D eigenvalue weighted by molar-refractivity contribution is 0.333. The van der Waals surface area contributed by atoms with E-state index in [2.05, 4.69) is 74.1 Å². The van der Waals surface area contributed by atoms with E-state index in [-0.39, 0.29) is 0 Å². The highest BCUT2D eigenvalue weighted by molar-refractivity contribution is 9.10. The minimum Gasteiger partial charge on any atom is -0.310 e. The molecule has 1 nitrogen and oxygen atoms in total. The largest absolute Gasteiger partial charge is 0.310 e. The summed E-state index contributed by atoms with van der Waals surface area (Å²) in [4.78, 5) is 0. The molecular formula is C16H26BrN. The van der Waals surface area contributed by atoms with Crippen LogP contribution >= 0.6 is 15.9 Å². The summed E-state index contributed by atoms with van der Waals surface area (Å²) in [5, 5.41) is 3.60. The number of aryl methyl sites for hydroxylation is 1. The molecule has 1 rings (SSSR count). The quantitative estimate of drug-likeness (QED) is 0.784. The number of nitrogens with one attached hydrogen (secondary N) is 1. The van der Waals surface area contributed by atoms with Gasteiger partial charge in [0.25, 0.3) is 0 Å². The lowest BCUT2D eigenvalue weighted by atomic mass is 9.87. The number of hydrogen-bond acceptors (Lipinski definition) is 1. The fourth-order valence-electron chi connectivity index (χ4n) is 2.11. The van der Waals surface area contributed by atoms with Gasteiger partial charge in [-0.2, -0.15) is 0 Å². The van der Waals surface area contributed by atoms with Crippen molar-refractivity contribution in [1.29, 1.82) is 0 Å². The molecule has 1 aromatic rings. The van der Waals surface area contributed by atoms with Crippen LogP contribution in [-0.2, 0) is 0 Å². The van der Waals surface area contributed by atoms with Gasteiger partial charge in [-0.3, -0.25) is 0 Å². The van der Waals surface area contributed by atoms with Crippen LogP contribution < -0.4 is 5.32 Å². The Morgan fingerprint density at radius 2 is 1.94 bits per heavy atom. The molecular weight excluding hydrogens is 286 g/mol. The van der Waals surface area contributed by atoms with Crippen LogP contribution in [0.25, 0.3) is 0 Å². The van der Waals surface area contributed by atoms with Gasteiger partial charge < -0.3 is 5.32 Å². The summed E-state index contributed by atoms with van der Waals surface area (Å²) in [6.07, 6.45) is 2.41. The fourth-order valence-corrected chi connectivity index (χ4v) is 2.88. The van der Waals surface area contributed by atoms with Crippen LogP contribution in [0.1, 0.15) is 57.7 Å². The van der Waals surface area contributed by atoms with E-state index in [1.54, 1.807) is 0 Å². The molecule has 0 aliphatic heterocycles. The maximum atomic E-state index is 3.70. The molecule has 0 fully saturated rings. The van der Waals surface area contributed by atoms with Crippen molar-refractivity contribution in [3.8, 4) is 0 Å². The van der Waals surface area contributed by atoms with Crippen molar-refractivity contribution in [3.05, 3.63) is 33.8 Å². The smallest absolute Gasteiger partial charge is 0.0331 e. The summed E-state index contributed by atoms with van der Waals surface area (Å²) in [5.41, 5.74) is 3.08. The molecule has 0 aromatic heterocycles. The van der Waals surface area contributed by atoms with Gasteiger partial charge in [-0.25, -0.2) is 0 Å². The average molecular weight is 312 g/mol. The van der Waals surface area contributed by atoms with Crippen LogP contribution in [0.3, 0.4) is 0 Å². The van der Waals surface area contributed by atoms with Crippen molar-refractivity contribution < 1.29 is 0 Å². The van der Waals surface area contributed by atoms with Gasteiger partial charge in [0.2, 0.25) is 0 Å². The Balaban J connectivity index is 2.83. The van der Waals surface area contributed by atoms with Crippen molar-refractivity contribution in [3.63, 3.8) is 0 Å². The highest BCUT2D eigenvalue weighted by Crippen LogP contribution is 2.31. The van der Waals surface area contributed by atoms with Crippen LogP contribution in [-0.4, -0.2) is 6.54 Å². The third-order valence-corrected chi connectivity index (χ3v) is 3.85. The molecule has 1 unspecified atom stereocenters. The molecule has 1 aromatic carbocycles. The van der Waals surface area contributed by atoms with Crippen LogP contribution in [0.4, 0.5) is 0 Å². The monoisotopic (exact) mass is 311 g/mol. The molecule has 0 amide bonds. The number of halogens is 1. The Kier molecular flexibility index (Phi) is 5.87. The first-order chi connectivity index (χ1) is 8.33. The van der Waals surface area contributed by atoms with E-state index in [0.717, 1.165) is 6.54 Å². The lowest BCUT2D eigenvalue weighted by Crippen LogP contribution is -2.23. The Morgan fingerprint density at radius 1 is 1.28 bits per heavy atom. The number of benzene rings is 1. The third-order valence-electron chi connectivity index (χ3n) is 3.16. The predicted molar refractivity (Wildman–Crippen MR) is 84.0 cm³/mol. The molecule has 1 N–H and O–H groups in total. The zero-order chi connectivity index (χ0) is 13.8. The van der Waals surface area contributed by atoms with E-state index in [0.29, 0.717) is 11.5 Å². The Hall–Kier alpha value is -0.340. The second-order valence-electron chi connectivity index (χ2n) is 6.23. The van der Waals surface area contributed by atoms with Crippen molar-refractivity contribution in [1.82, 2.24) is 5.32 Å². The molecule has 2 heteroatoms. The zero-order valence-corrected chi connectivity index (χ0v) is 13.9. The van der Waals surface area contributed by atoms with Gasteiger partial charge in [0, 0.05) is 10.5 Å². The molecule has 0 saturated heterocycles. The SMILES string of the molecule is CCNC(CCC(C)(C)C)c1ccc(C)cc1Br.